The lowest BCUT2D eigenvalue weighted by molar-refractivity contribution is 0.0454. The Morgan fingerprint density at radius 2 is 1.74 bits per heavy atom. The smallest absolute Gasteiger partial charge is 0.123 e. The van der Waals surface area contributed by atoms with Crippen LogP contribution in [0.15, 0.2) is 24.3 Å². The molecule has 0 N–H and O–H groups in total. The van der Waals surface area contributed by atoms with Crippen LogP contribution in [-0.4, -0.2) is 45.4 Å². The van der Waals surface area contributed by atoms with E-state index < -0.39 is 8.07 Å². The summed E-state index contributed by atoms with van der Waals surface area (Å²) in [5.41, 5.74) is 1.27. The molecule has 0 unspecified atom stereocenters. The summed E-state index contributed by atoms with van der Waals surface area (Å²) in [4.78, 5) is 2.51. The third kappa shape index (κ3) is 5.61. The number of benzene rings is 1. The molecule has 0 aromatic heterocycles. The summed E-state index contributed by atoms with van der Waals surface area (Å²) in [5.74, 6) is -0.147. The fourth-order valence-corrected chi connectivity index (χ4v) is 5.55. The number of halogens is 2. The maximum Gasteiger partial charge on any atom is 0.123 e. The van der Waals surface area contributed by atoms with Crippen molar-refractivity contribution >= 4 is 20.5 Å². The monoisotopic (exact) mass is 303 g/mol. The average molecular weight is 304 g/mol. The molecule has 2 nitrogen and oxygen atoms in total. The van der Waals surface area contributed by atoms with Crippen molar-refractivity contribution in [3.05, 3.63) is 35.6 Å². The first-order valence-electron chi connectivity index (χ1n) is 6.60. The summed E-state index contributed by atoms with van der Waals surface area (Å²) in [7, 11) is -1.30. The van der Waals surface area contributed by atoms with Crippen molar-refractivity contribution in [3.63, 3.8) is 0 Å². The fourth-order valence-electron chi connectivity index (χ4n) is 2.58. The molecule has 1 fully saturated rings. The van der Waals surface area contributed by atoms with Crippen LogP contribution in [0, 0.1) is 5.82 Å². The largest absolute Gasteiger partial charge is 0.379 e. The molecule has 1 saturated heterocycles. The first-order valence-corrected chi connectivity index (χ1v) is 10.0. The molecule has 1 aliphatic heterocycles. The second kappa shape index (κ2) is 7.38. The predicted octanol–water partition coefficient (Wildman–Crippen LogP) is 2.91. The summed E-state index contributed by atoms with van der Waals surface area (Å²) in [6.45, 7) is 8.65. The van der Waals surface area contributed by atoms with E-state index in [1.165, 1.54) is 11.7 Å². The van der Waals surface area contributed by atoms with Crippen molar-refractivity contribution in [2.75, 3.05) is 32.5 Å². The minimum Gasteiger partial charge on any atom is -0.379 e. The zero-order chi connectivity index (χ0) is 13.0. The third-order valence-corrected chi connectivity index (χ3v) is 6.02. The lowest BCUT2D eigenvalue weighted by Crippen LogP contribution is -2.48. The number of morpholine rings is 1. The second-order valence-corrected chi connectivity index (χ2v) is 10.9. The lowest BCUT2D eigenvalue weighted by atomic mass is 10.2. The molecule has 1 aromatic carbocycles. The van der Waals surface area contributed by atoms with Crippen molar-refractivity contribution in [1.29, 1.82) is 0 Å². The number of rotatable bonds is 4. The van der Waals surface area contributed by atoms with Gasteiger partial charge in [-0.25, -0.2) is 4.39 Å². The van der Waals surface area contributed by atoms with E-state index in [1.54, 1.807) is 12.1 Å². The lowest BCUT2D eigenvalue weighted by Gasteiger charge is -2.33. The van der Waals surface area contributed by atoms with E-state index in [4.69, 9.17) is 4.74 Å². The highest BCUT2D eigenvalue weighted by atomic mass is 35.5. The van der Waals surface area contributed by atoms with E-state index in [0.717, 1.165) is 32.3 Å². The van der Waals surface area contributed by atoms with Gasteiger partial charge in [0.05, 0.1) is 21.3 Å². The van der Waals surface area contributed by atoms with Gasteiger partial charge in [-0.05, 0) is 24.3 Å². The van der Waals surface area contributed by atoms with Gasteiger partial charge in [0.2, 0.25) is 0 Å². The summed E-state index contributed by atoms with van der Waals surface area (Å²) < 4.78 is 18.3. The van der Waals surface area contributed by atoms with Gasteiger partial charge >= 0.3 is 0 Å². The molecule has 108 valence electrons. The molecule has 2 rings (SSSR count). The van der Waals surface area contributed by atoms with Gasteiger partial charge in [0.1, 0.15) is 5.82 Å². The molecule has 1 heterocycles. The molecular weight excluding hydrogens is 281 g/mol. The maximum atomic E-state index is 12.9. The maximum absolute atomic E-state index is 12.9. The van der Waals surface area contributed by atoms with E-state index in [9.17, 15) is 4.39 Å². The van der Waals surface area contributed by atoms with Gasteiger partial charge in [-0.2, -0.15) is 0 Å². The van der Waals surface area contributed by atoms with Crippen LogP contribution in [0.5, 0.6) is 0 Å². The number of hydrogen-bond donors (Lipinski definition) is 0. The zero-order valence-corrected chi connectivity index (χ0v) is 13.5. The van der Waals surface area contributed by atoms with Crippen LogP contribution in [0.25, 0.3) is 0 Å². The molecule has 1 aliphatic rings. The molecule has 0 bridgehead atoms. The second-order valence-electron chi connectivity index (χ2n) is 5.86. The Morgan fingerprint density at radius 1 is 1.16 bits per heavy atom. The number of hydrogen-bond acceptors (Lipinski definition) is 2. The van der Waals surface area contributed by atoms with Crippen LogP contribution in [-0.2, 0) is 10.8 Å². The van der Waals surface area contributed by atoms with Crippen molar-refractivity contribution in [3.8, 4) is 0 Å². The van der Waals surface area contributed by atoms with Gasteiger partial charge in [-0.3, -0.25) is 0 Å². The van der Waals surface area contributed by atoms with E-state index in [2.05, 4.69) is 18.0 Å². The van der Waals surface area contributed by atoms with E-state index in [1.807, 2.05) is 12.1 Å². The van der Waals surface area contributed by atoms with Gasteiger partial charge in [0.25, 0.3) is 0 Å². The van der Waals surface area contributed by atoms with Gasteiger partial charge in [-0.15, -0.1) is 12.4 Å². The van der Waals surface area contributed by atoms with Crippen molar-refractivity contribution in [1.82, 2.24) is 4.90 Å². The zero-order valence-electron chi connectivity index (χ0n) is 11.7. The van der Waals surface area contributed by atoms with Crippen LogP contribution in [0.1, 0.15) is 5.56 Å². The molecule has 5 heteroatoms. The molecule has 0 spiro atoms. The molecule has 0 saturated carbocycles. The average Bonchev–Trinajstić information content (AvgIpc) is 2.32. The minimum atomic E-state index is -1.30. The first-order chi connectivity index (χ1) is 8.55. The van der Waals surface area contributed by atoms with Gasteiger partial charge in [0, 0.05) is 13.1 Å². The normalized spacial score (nSPS) is 17.0. The molecular formula is C14H23ClFNOSi. The minimum absolute atomic E-state index is 0. The molecule has 0 radical (unpaired) electrons. The van der Waals surface area contributed by atoms with Crippen LogP contribution in [0.4, 0.5) is 4.39 Å². The Labute approximate surface area is 122 Å². The highest BCUT2D eigenvalue weighted by Gasteiger charge is 2.25. The summed E-state index contributed by atoms with van der Waals surface area (Å²) in [5, 5.41) is 0. The third-order valence-electron chi connectivity index (χ3n) is 3.35. The SMILES string of the molecule is C[Si](C)(Cc1ccc(F)cc1)CN1CCOCC1.Cl. The van der Waals surface area contributed by atoms with Gasteiger partial charge in [0.15, 0.2) is 0 Å². The highest BCUT2D eigenvalue weighted by Crippen LogP contribution is 2.15. The van der Waals surface area contributed by atoms with Gasteiger partial charge in [-0.1, -0.05) is 30.8 Å². The summed E-state index contributed by atoms with van der Waals surface area (Å²) in [6.07, 6.45) is 1.20. The van der Waals surface area contributed by atoms with Crippen LogP contribution in [0.3, 0.4) is 0 Å². The van der Waals surface area contributed by atoms with Crippen molar-refractivity contribution < 1.29 is 9.13 Å². The van der Waals surface area contributed by atoms with Crippen molar-refractivity contribution in [2.24, 2.45) is 0 Å². The van der Waals surface area contributed by atoms with E-state index in [-0.39, 0.29) is 18.2 Å². The Kier molecular flexibility index (Phi) is 6.46. The summed E-state index contributed by atoms with van der Waals surface area (Å²) >= 11 is 0. The molecule has 1 aromatic rings. The van der Waals surface area contributed by atoms with Crippen LogP contribution in [0.2, 0.25) is 13.1 Å². The number of nitrogens with zero attached hydrogens (tertiary/aromatic N) is 1. The standard InChI is InChI=1S/C14H22FNOSi.ClH/c1-18(2,12-16-7-9-17-10-8-16)11-13-3-5-14(15)6-4-13;/h3-6H,7-12H2,1-2H3;1H. The van der Waals surface area contributed by atoms with Crippen LogP contribution < -0.4 is 0 Å². The number of ether oxygens (including phenoxy) is 1. The Hall–Kier alpha value is -0.423. The predicted molar refractivity (Wildman–Crippen MR) is 82.1 cm³/mol. The Bertz CT molecular complexity index is 380. The van der Waals surface area contributed by atoms with E-state index in [0.29, 0.717) is 0 Å². The quantitative estimate of drug-likeness (QED) is 0.793. The molecule has 0 atom stereocenters. The topological polar surface area (TPSA) is 12.5 Å². The highest BCUT2D eigenvalue weighted by molar-refractivity contribution is 6.77. The molecule has 19 heavy (non-hydrogen) atoms. The molecule has 0 amide bonds. The van der Waals surface area contributed by atoms with Crippen LogP contribution >= 0.6 is 12.4 Å². The first kappa shape index (κ1) is 16.6. The van der Waals surface area contributed by atoms with E-state index >= 15 is 0 Å². The summed E-state index contributed by atoms with van der Waals surface area (Å²) in [6, 6.07) is 8.08. The fraction of sp³-hybridized carbons (Fsp3) is 0.571. The van der Waals surface area contributed by atoms with Gasteiger partial charge < -0.3 is 9.64 Å². The van der Waals surface area contributed by atoms with Crippen molar-refractivity contribution in [2.45, 2.75) is 19.1 Å². The Balaban J connectivity index is 0.00000180. The molecule has 0 aliphatic carbocycles. The Morgan fingerprint density at radius 3 is 2.32 bits per heavy atom.